The molecule has 98 valence electrons. The molecule has 1 aromatic carbocycles. The van der Waals surface area contributed by atoms with Crippen LogP contribution in [0.5, 0.6) is 0 Å². The van der Waals surface area contributed by atoms with Gasteiger partial charge in [-0.25, -0.2) is 4.79 Å². The maximum atomic E-state index is 11.3. The van der Waals surface area contributed by atoms with E-state index in [2.05, 4.69) is 4.90 Å². The predicted molar refractivity (Wildman–Crippen MR) is 73.1 cm³/mol. The van der Waals surface area contributed by atoms with Crippen molar-refractivity contribution in [1.29, 1.82) is 0 Å². The van der Waals surface area contributed by atoms with Crippen LogP contribution < -0.4 is 10.6 Å². The number of nitrogens with zero attached hydrogens (tertiary/aromatic N) is 1. The number of nitrogen functional groups attached to an aromatic ring is 1. The first-order chi connectivity index (χ1) is 8.68. The number of carbonyl (C=O) groups is 1. The van der Waals surface area contributed by atoms with Crippen LogP contribution in [-0.4, -0.2) is 24.2 Å². The molecule has 2 rings (SSSR count). The van der Waals surface area contributed by atoms with Crippen LogP contribution in [0.15, 0.2) is 18.2 Å². The highest BCUT2D eigenvalue weighted by Crippen LogP contribution is 2.25. The molecule has 1 heterocycles. The van der Waals surface area contributed by atoms with Crippen LogP contribution >= 0.6 is 0 Å². The van der Waals surface area contributed by atoms with E-state index >= 15 is 0 Å². The molecule has 18 heavy (non-hydrogen) atoms. The van der Waals surface area contributed by atoms with E-state index in [1.165, 1.54) is 19.3 Å². The van der Waals surface area contributed by atoms with Gasteiger partial charge in [-0.2, -0.15) is 0 Å². The van der Waals surface area contributed by atoms with E-state index < -0.39 is 5.97 Å². The molecule has 0 unspecified atom stereocenters. The minimum atomic E-state index is -0.903. The molecule has 0 saturated carbocycles. The lowest BCUT2D eigenvalue weighted by molar-refractivity contribution is 0.0697. The normalized spacial score (nSPS) is 17.0. The first kappa shape index (κ1) is 12.7. The summed E-state index contributed by atoms with van der Waals surface area (Å²) in [4.78, 5) is 13.5. The molecule has 0 spiro atoms. The summed E-state index contributed by atoms with van der Waals surface area (Å²) in [6.45, 7) is 1.87. The summed E-state index contributed by atoms with van der Waals surface area (Å²) in [7, 11) is 0. The second-order valence-corrected chi connectivity index (χ2v) is 4.84. The SMILES string of the molecule is Nc1ccc(N2CCCCCCC2)c(C(=O)O)c1. The monoisotopic (exact) mass is 248 g/mol. The van der Waals surface area contributed by atoms with Gasteiger partial charge in [0.05, 0.1) is 11.3 Å². The molecule has 4 heteroatoms. The van der Waals surface area contributed by atoms with Gasteiger partial charge in [0.15, 0.2) is 0 Å². The molecule has 0 amide bonds. The third-order valence-corrected chi connectivity index (χ3v) is 3.45. The number of hydrogen-bond acceptors (Lipinski definition) is 3. The Hall–Kier alpha value is -1.71. The molecular weight excluding hydrogens is 228 g/mol. The van der Waals surface area contributed by atoms with Crippen molar-refractivity contribution in [3.8, 4) is 0 Å². The van der Waals surface area contributed by atoms with Gasteiger partial charge >= 0.3 is 5.97 Å². The number of nitrogens with two attached hydrogens (primary N) is 1. The minimum Gasteiger partial charge on any atom is -0.478 e. The Balaban J connectivity index is 2.27. The van der Waals surface area contributed by atoms with Crippen molar-refractivity contribution >= 4 is 17.3 Å². The van der Waals surface area contributed by atoms with Crippen molar-refractivity contribution in [3.05, 3.63) is 23.8 Å². The van der Waals surface area contributed by atoms with Gasteiger partial charge in [-0.05, 0) is 31.0 Å². The summed E-state index contributed by atoms with van der Waals surface area (Å²) < 4.78 is 0. The number of carboxylic acids is 1. The van der Waals surface area contributed by atoms with Gasteiger partial charge in [-0.3, -0.25) is 0 Å². The fraction of sp³-hybridized carbons (Fsp3) is 0.500. The molecule has 0 aromatic heterocycles. The molecule has 0 aliphatic carbocycles. The average molecular weight is 248 g/mol. The van der Waals surface area contributed by atoms with Crippen LogP contribution in [0.4, 0.5) is 11.4 Å². The van der Waals surface area contributed by atoms with Crippen LogP contribution in [-0.2, 0) is 0 Å². The van der Waals surface area contributed by atoms with Crippen LogP contribution in [0, 0.1) is 0 Å². The average Bonchev–Trinajstić information content (AvgIpc) is 2.29. The molecule has 3 N–H and O–H groups in total. The lowest BCUT2D eigenvalue weighted by Gasteiger charge is -2.28. The van der Waals surface area contributed by atoms with Crippen LogP contribution in [0.1, 0.15) is 42.5 Å². The van der Waals surface area contributed by atoms with E-state index in [1.807, 2.05) is 6.07 Å². The Bertz CT molecular complexity index is 424. The van der Waals surface area contributed by atoms with Crippen molar-refractivity contribution in [1.82, 2.24) is 0 Å². The van der Waals surface area contributed by atoms with Crippen molar-refractivity contribution in [2.75, 3.05) is 23.7 Å². The second-order valence-electron chi connectivity index (χ2n) is 4.84. The maximum Gasteiger partial charge on any atom is 0.337 e. The minimum absolute atomic E-state index is 0.315. The van der Waals surface area contributed by atoms with E-state index in [9.17, 15) is 9.90 Å². The zero-order valence-corrected chi connectivity index (χ0v) is 10.6. The summed E-state index contributed by atoms with van der Waals surface area (Å²) in [5.41, 5.74) is 7.29. The summed E-state index contributed by atoms with van der Waals surface area (Å²) >= 11 is 0. The Morgan fingerprint density at radius 1 is 1.11 bits per heavy atom. The van der Waals surface area contributed by atoms with Gasteiger partial charge in [0.1, 0.15) is 0 Å². The number of benzene rings is 1. The highest BCUT2D eigenvalue weighted by molar-refractivity contribution is 5.95. The van der Waals surface area contributed by atoms with E-state index in [0.717, 1.165) is 31.6 Å². The van der Waals surface area contributed by atoms with Crippen LogP contribution in [0.3, 0.4) is 0 Å². The third kappa shape index (κ3) is 2.94. The largest absolute Gasteiger partial charge is 0.478 e. The van der Waals surface area contributed by atoms with Gasteiger partial charge in [0.25, 0.3) is 0 Å². The smallest absolute Gasteiger partial charge is 0.337 e. The van der Waals surface area contributed by atoms with Crippen LogP contribution in [0.2, 0.25) is 0 Å². The fourth-order valence-corrected chi connectivity index (χ4v) is 2.49. The Morgan fingerprint density at radius 2 is 1.72 bits per heavy atom. The summed E-state index contributed by atoms with van der Waals surface area (Å²) in [5, 5.41) is 9.26. The summed E-state index contributed by atoms with van der Waals surface area (Å²) in [5.74, 6) is -0.903. The van der Waals surface area contributed by atoms with E-state index in [1.54, 1.807) is 12.1 Å². The number of rotatable bonds is 2. The van der Waals surface area contributed by atoms with E-state index in [-0.39, 0.29) is 0 Å². The van der Waals surface area contributed by atoms with Crippen LogP contribution in [0.25, 0.3) is 0 Å². The first-order valence-electron chi connectivity index (χ1n) is 6.56. The number of anilines is 2. The highest BCUT2D eigenvalue weighted by atomic mass is 16.4. The topological polar surface area (TPSA) is 66.6 Å². The van der Waals surface area contributed by atoms with Gasteiger partial charge in [-0.1, -0.05) is 19.3 Å². The molecule has 1 aromatic rings. The summed E-state index contributed by atoms with van der Waals surface area (Å²) in [6.07, 6.45) is 6.01. The van der Waals surface area contributed by atoms with Gasteiger partial charge in [0.2, 0.25) is 0 Å². The standard InChI is InChI=1S/C14H20N2O2/c15-11-6-7-13(12(10-11)14(17)18)16-8-4-2-1-3-5-9-16/h6-7,10H,1-5,8-9,15H2,(H,17,18). The van der Waals surface area contributed by atoms with Gasteiger partial charge in [0, 0.05) is 18.8 Å². The fourth-order valence-electron chi connectivity index (χ4n) is 2.49. The van der Waals surface area contributed by atoms with Crippen molar-refractivity contribution in [3.63, 3.8) is 0 Å². The number of hydrogen-bond donors (Lipinski definition) is 2. The van der Waals surface area contributed by atoms with Crippen molar-refractivity contribution in [2.24, 2.45) is 0 Å². The molecule has 0 atom stereocenters. The molecule has 1 aliphatic rings. The van der Waals surface area contributed by atoms with E-state index in [4.69, 9.17) is 5.73 Å². The van der Waals surface area contributed by atoms with Gasteiger partial charge in [-0.15, -0.1) is 0 Å². The Kier molecular flexibility index (Phi) is 4.07. The molecule has 0 radical (unpaired) electrons. The van der Waals surface area contributed by atoms with E-state index in [0.29, 0.717) is 11.3 Å². The molecule has 4 nitrogen and oxygen atoms in total. The number of carboxylic acid groups (broad SMARTS) is 1. The molecule has 1 fully saturated rings. The predicted octanol–water partition coefficient (Wildman–Crippen LogP) is 2.74. The maximum absolute atomic E-state index is 11.3. The van der Waals surface area contributed by atoms with Gasteiger partial charge < -0.3 is 15.7 Å². The molecule has 1 aliphatic heterocycles. The zero-order valence-electron chi connectivity index (χ0n) is 10.6. The van der Waals surface area contributed by atoms with Crippen molar-refractivity contribution in [2.45, 2.75) is 32.1 Å². The quantitative estimate of drug-likeness (QED) is 0.790. The zero-order chi connectivity index (χ0) is 13.0. The molecule has 1 saturated heterocycles. The Labute approximate surface area is 107 Å². The third-order valence-electron chi connectivity index (χ3n) is 3.45. The Morgan fingerprint density at radius 3 is 2.33 bits per heavy atom. The molecule has 0 bridgehead atoms. The number of aromatic carboxylic acids is 1. The summed E-state index contributed by atoms with van der Waals surface area (Å²) in [6, 6.07) is 5.16. The lowest BCUT2D eigenvalue weighted by Crippen LogP contribution is -2.28. The second kappa shape index (κ2) is 5.76. The first-order valence-corrected chi connectivity index (χ1v) is 6.56. The van der Waals surface area contributed by atoms with Crippen molar-refractivity contribution < 1.29 is 9.90 Å². The lowest BCUT2D eigenvalue weighted by atomic mass is 10.1. The molecular formula is C14H20N2O2. The highest BCUT2D eigenvalue weighted by Gasteiger charge is 2.17.